The molecule has 1 aliphatic rings. The van der Waals surface area contributed by atoms with Gasteiger partial charge in [-0.25, -0.2) is 9.79 Å². The Morgan fingerprint density at radius 2 is 1.85 bits per heavy atom. The van der Waals surface area contributed by atoms with Crippen LogP contribution in [0.1, 0.15) is 56.3 Å². The van der Waals surface area contributed by atoms with Crippen molar-refractivity contribution in [2.45, 2.75) is 44.6 Å². The van der Waals surface area contributed by atoms with Crippen LogP contribution < -0.4 is 14.9 Å². The normalized spacial score (nSPS) is 15.9. The van der Waals surface area contributed by atoms with Gasteiger partial charge in [0.15, 0.2) is 4.80 Å². The van der Waals surface area contributed by atoms with Crippen molar-refractivity contribution in [1.82, 2.24) is 4.57 Å². The van der Waals surface area contributed by atoms with Crippen LogP contribution in [0.5, 0.6) is 0 Å². The Hall–Kier alpha value is -2.90. The van der Waals surface area contributed by atoms with Gasteiger partial charge >= 0.3 is 5.97 Å². The Balaban J connectivity index is 1.89. The van der Waals surface area contributed by atoms with Gasteiger partial charge in [0.2, 0.25) is 0 Å². The molecule has 0 saturated carbocycles. The second kappa shape index (κ2) is 10.2. The molecular formula is C27H28N2O3S2. The third kappa shape index (κ3) is 4.68. The van der Waals surface area contributed by atoms with E-state index in [1.807, 2.05) is 48.7 Å². The summed E-state index contributed by atoms with van der Waals surface area (Å²) in [5.74, 6) is 0.00220. The maximum absolute atomic E-state index is 13.6. The van der Waals surface area contributed by atoms with Crippen molar-refractivity contribution >= 4 is 35.1 Å². The lowest BCUT2D eigenvalue weighted by molar-refractivity contribution is -0.139. The van der Waals surface area contributed by atoms with Crippen molar-refractivity contribution in [1.29, 1.82) is 0 Å². The molecule has 0 aliphatic carbocycles. The predicted octanol–water partition coefficient (Wildman–Crippen LogP) is 4.64. The molecule has 7 heteroatoms. The highest BCUT2D eigenvalue weighted by atomic mass is 32.2. The molecule has 34 heavy (non-hydrogen) atoms. The molecule has 1 aliphatic heterocycles. The van der Waals surface area contributed by atoms with Gasteiger partial charge in [-0.3, -0.25) is 9.36 Å². The molecule has 0 N–H and O–H groups in total. The summed E-state index contributed by atoms with van der Waals surface area (Å²) in [7, 11) is 0. The van der Waals surface area contributed by atoms with E-state index in [0.29, 0.717) is 26.5 Å². The summed E-state index contributed by atoms with van der Waals surface area (Å²) >= 11 is 2.99. The summed E-state index contributed by atoms with van der Waals surface area (Å²) in [6, 6.07) is 15.6. The summed E-state index contributed by atoms with van der Waals surface area (Å²) in [4.78, 5) is 32.9. The third-order valence-electron chi connectivity index (χ3n) is 5.85. The van der Waals surface area contributed by atoms with Crippen LogP contribution in [0.25, 0.3) is 6.08 Å². The number of allylic oxidation sites excluding steroid dienone is 1. The molecule has 0 saturated heterocycles. The minimum absolute atomic E-state index is 0.162. The zero-order chi connectivity index (χ0) is 24.4. The van der Waals surface area contributed by atoms with E-state index in [9.17, 15) is 9.59 Å². The summed E-state index contributed by atoms with van der Waals surface area (Å²) in [5, 5.41) is 0. The van der Waals surface area contributed by atoms with Crippen LogP contribution in [-0.4, -0.2) is 23.4 Å². The number of fused-ring (bicyclic) bond motifs is 1. The van der Waals surface area contributed by atoms with Crippen LogP contribution in [-0.2, 0) is 9.53 Å². The number of thioether (sulfide) groups is 1. The van der Waals surface area contributed by atoms with Gasteiger partial charge in [-0.05, 0) is 60.9 Å². The minimum Gasteiger partial charge on any atom is -0.463 e. The summed E-state index contributed by atoms with van der Waals surface area (Å²) in [6.45, 7) is 8.14. The van der Waals surface area contributed by atoms with Crippen molar-refractivity contribution in [2.75, 3.05) is 12.9 Å². The number of rotatable bonds is 6. The monoisotopic (exact) mass is 492 g/mol. The van der Waals surface area contributed by atoms with E-state index in [1.165, 1.54) is 16.9 Å². The molecule has 1 atom stereocenters. The highest BCUT2D eigenvalue weighted by Crippen LogP contribution is 2.31. The molecule has 0 amide bonds. The number of aromatic nitrogens is 1. The summed E-state index contributed by atoms with van der Waals surface area (Å²) < 4.78 is 7.57. The Labute approximate surface area is 207 Å². The van der Waals surface area contributed by atoms with Gasteiger partial charge in [-0.2, -0.15) is 0 Å². The zero-order valence-electron chi connectivity index (χ0n) is 20.0. The molecule has 0 fully saturated rings. The number of nitrogens with zero attached hydrogens (tertiary/aromatic N) is 2. The number of carbonyl (C=O) groups is 1. The molecule has 3 aromatic rings. The fourth-order valence-electron chi connectivity index (χ4n) is 4.02. The predicted molar refractivity (Wildman–Crippen MR) is 139 cm³/mol. The first-order valence-corrected chi connectivity index (χ1v) is 13.3. The zero-order valence-corrected chi connectivity index (χ0v) is 21.6. The van der Waals surface area contributed by atoms with E-state index in [4.69, 9.17) is 4.74 Å². The Bertz CT molecular complexity index is 1410. The average molecular weight is 493 g/mol. The molecule has 176 valence electrons. The number of thiazole rings is 1. The summed E-state index contributed by atoms with van der Waals surface area (Å²) in [6.07, 6.45) is 3.91. The quantitative estimate of drug-likeness (QED) is 0.371. The molecule has 5 nitrogen and oxygen atoms in total. The van der Waals surface area contributed by atoms with Gasteiger partial charge < -0.3 is 4.74 Å². The van der Waals surface area contributed by atoms with E-state index in [-0.39, 0.29) is 12.2 Å². The smallest absolute Gasteiger partial charge is 0.338 e. The highest BCUT2D eigenvalue weighted by Gasteiger charge is 2.33. The van der Waals surface area contributed by atoms with Gasteiger partial charge in [-0.1, -0.05) is 61.6 Å². The SMILES string of the molecule is CCOC(=O)C1=C(C)N=c2s/c(=C/c3ccc(C(C)C)cc3)c(=O)n2[C@@H]1c1ccc(SC)cc1. The number of carbonyl (C=O) groups excluding carboxylic acids is 1. The lowest BCUT2D eigenvalue weighted by Gasteiger charge is -2.24. The Morgan fingerprint density at radius 3 is 2.44 bits per heavy atom. The van der Waals surface area contributed by atoms with Crippen LogP contribution in [0.4, 0.5) is 0 Å². The fourth-order valence-corrected chi connectivity index (χ4v) is 5.48. The van der Waals surface area contributed by atoms with Crippen LogP contribution in [0.15, 0.2) is 74.5 Å². The lowest BCUT2D eigenvalue weighted by Crippen LogP contribution is -2.39. The van der Waals surface area contributed by atoms with E-state index in [2.05, 4.69) is 31.0 Å². The molecule has 0 radical (unpaired) electrons. The Kier molecular flexibility index (Phi) is 7.24. The summed E-state index contributed by atoms with van der Waals surface area (Å²) in [5.41, 5.74) is 3.87. The second-order valence-electron chi connectivity index (χ2n) is 8.40. The standard InChI is InChI=1S/C27H28N2O3S2/c1-6-32-26(31)23-17(4)28-27-29(24(23)20-11-13-21(33-5)14-12-20)25(30)22(34-27)15-18-7-9-19(10-8-18)16(2)3/h7-16,24H,6H2,1-5H3/b22-15+/t24-/m1/s1. The van der Waals surface area contributed by atoms with Crippen LogP contribution in [0, 0.1) is 0 Å². The largest absolute Gasteiger partial charge is 0.463 e. The molecule has 2 aromatic carbocycles. The molecular weight excluding hydrogens is 464 g/mol. The van der Waals surface area contributed by atoms with Crippen molar-refractivity contribution in [3.05, 3.63) is 96.2 Å². The third-order valence-corrected chi connectivity index (χ3v) is 7.58. The molecule has 1 aromatic heterocycles. The second-order valence-corrected chi connectivity index (χ2v) is 10.3. The molecule has 0 unspecified atom stereocenters. The van der Waals surface area contributed by atoms with Crippen molar-refractivity contribution in [3.63, 3.8) is 0 Å². The topological polar surface area (TPSA) is 60.7 Å². The lowest BCUT2D eigenvalue weighted by atomic mass is 9.96. The Morgan fingerprint density at radius 1 is 1.18 bits per heavy atom. The first kappa shape index (κ1) is 24.2. The van der Waals surface area contributed by atoms with Crippen LogP contribution in [0.2, 0.25) is 0 Å². The number of ether oxygens (including phenoxy) is 1. The molecule has 0 bridgehead atoms. The first-order valence-electron chi connectivity index (χ1n) is 11.3. The van der Waals surface area contributed by atoms with E-state index in [1.54, 1.807) is 30.2 Å². The van der Waals surface area contributed by atoms with Gasteiger partial charge in [0.25, 0.3) is 5.56 Å². The van der Waals surface area contributed by atoms with Crippen LogP contribution >= 0.6 is 23.1 Å². The van der Waals surface area contributed by atoms with Gasteiger partial charge in [0.05, 0.1) is 28.5 Å². The van der Waals surface area contributed by atoms with E-state index in [0.717, 1.165) is 16.0 Å². The van der Waals surface area contributed by atoms with Gasteiger partial charge in [0, 0.05) is 4.90 Å². The molecule has 2 heterocycles. The first-order chi connectivity index (χ1) is 16.3. The van der Waals surface area contributed by atoms with E-state index >= 15 is 0 Å². The van der Waals surface area contributed by atoms with Gasteiger partial charge in [0.1, 0.15) is 0 Å². The number of hydrogen-bond donors (Lipinski definition) is 0. The maximum atomic E-state index is 13.6. The number of benzene rings is 2. The minimum atomic E-state index is -0.586. The maximum Gasteiger partial charge on any atom is 0.338 e. The molecule has 0 spiro atoms. The number of esters is 1. The highest BCUT2D eigenvalue weighted by molar-refractivity contribution is 7.98. The average Bonchev–Trinajstić information content (AvgIpc) is 3.13. The van der Waals surface area contributed by atoms with E-state index < -0.39 is 12.0 Å². The molecule has 4 rings (SSSR count). The fraction of sp³-hybridized carbons (Fsp3) is 0.296. The van der Waals surface area contributed by atoms with Gasteiger partial charge in [-0.15, -0.1) is 11.8 Å². The van der Waals surface area contributed by atoms with Crippen molar-refractivity contribution < 1.29 is 9.53 Å². The van der Waals surface area contributed by atoms with Crippen molar-refractivity contribution in [3.8, 4) is 0 Å². The van der Waals surface area contributed by atoms with Crippen molar-refractivity contribution in [2.24, 2.45) is 4.99 Å². The van der Waals surface area contributed by atoms with Crippen LogP contribution in [0.3, 0.4) is 0 Å². The number of hydrogen-bond acceptors (Lipinski definition) is 6.